The van der Waals surface area contributed by atoms with Crippen molar-refractivity contribution < 1.29 is 17.9 Å². The van der Waals surface area contributed by atoms with Crippen LogP contribution in [0.3, 0.4) is 0 Å². The highest BCUT2D eigenvalue weighted by Crippen LogP contribution is 2.40. The lowest BCUT2D eigenvalue weighted by molar-refractivity contribution is 0.306. The summed E-state index contributed by atoms with van der Waals surface area (Å²) >= 11 is 0. The van der Waals surface area contributed by atoms with E-state index < -0.39 is 10.0 Å². The van der Waals surface area contributed by atoms with E-state index in [1.165, 1.54) is 10.6 Å². The lowest BCUT2D eigenvalue weighted by Gasteiger charge is -2.19. The van der Waals surface area contributed by atoms with Crippen LogP contribution >= 0.6 is 0 Å². The van der Waals surface area contributed by atoms with Crippen molar-refractivity contribution in [2.45, 2.75) is 26.2 Å². The predicted molar refractivity (Wildman–Crippen MR) is 123 cm³/mol. The van der Waals surface area contributed by atoms with Gasteiger partial charge in [0.2, 0.25) is 10.0 Å². The van der Waals surface area contributed by atoms with E-state index in [-0.39, 0.29) is 11.3 Å². The molecule has 1 N–H and O–H groups in total. The first-order valence-electron chi connectivity index (χ1n) is 10.5. The van der Waals surface area contributed by atoms with E-state index >= 15 is 0 Å². The summed E-state index contributed by atoms with van der Waals surface area (Å²) in [5, 5.41) is 0. The number of nitrogens with one attached hydrogen (secondary N) is 1. The summed E-state index contributed by atoms with van der Waals surface area (Å²) in [6, 6.07) is 8.43. The van der Waals surface area contributed by atoms with E-state index in [2.05, 4.69) is 9.71 Å². The van der Waals surface area contributed by atoms with E-state index in [1.807, 2.05) is 6.07 Å². The van der Waals surface area contributed by atoms with E-state index in [0.29, 0.717) is 40.7 Å². The second kappa shape index (κ2) is 9.04. The van der Waals surface area contributed by atoms with Crippen LogP contribution in [0, 0.1) is 0 Å². The molecule has 0 unspecified atom stereocenters. The average molecular weight is 456 g/mol. The fraction of sp³-hybridized carbons (Fsp3) is 0.304. The Morgan fingerprint density at radius 3 is 2.75 bits per heavy atom. The Hall–Kier alpha value is -3.33. The number of sulfonamides is 1. The van der Waals surface area contributed by atoms with Gasteiger partial charge in [0.25, 0.3) is 5.56 Å². The van der Waals surface area contributed by atoms with Crippen LogP contribution in [0.25, 0.3) is 11.1 Å². The summed E-state index contributed by atoms with van der Waals surface area (Å²) in [4.78, 5) is 16.5. The van der Waals surface area contributed by atoms with E-state index in [1.54, 1.807) is 50.8 Å². The normalized spacial score (nSPS) is 13.8. The summed E-state index contributed by atoms with van der Waals surface area (Å²) in [5.74, 6) is 1.53. The number of pyridine rings is 2. The van der Waals surface area contributed by atoms with Gasteiger partial charge in [-0.1, -0.05) is 0 Å². The van der Waals surface area contributed by atoms with Crippen molar-refractivity contribution >= 4 is 15.7 Å². The summed E-state index contributed by atoms with van der Waals surface area (Å²) in [6.07, 6.45) is 7.59. The van der Waals surface area contributed by atoms with Crippen LogP contribution in [0.4, 0.5) is 5.69 Å². The van der Waals surface area contributed by atoms with Gasteiger partial charge in [-0.2, -0.15) is 0 Å². The Morgan fingerprint density at radius 1 is 1.09 bits per heavy atom. The molecule has 0 bridgehead atoms. The molecule has 0 saturated heterocycles. The molecule has 2 aromatic heterocycles. The van der Waals surface area contributed by atoms with Crippen LogP contribution in [-0.2, 0) is 23.5 Å². The SMILES string of the molecule is CCS(=O)(=O)Nc1ccc2c(c1)-c1cn(C)c(=O)cc1OCCCCc1ccncc1O2. The molecule has 0 fully saturated rings. The summed E-state index contributed by atoms with van der Waals surface area (Å²) in [6.45, 7) is 2.03. The highest BCUT2D eigenvalue weighted by Gasteiger charge is 2.19. The molecule has 3 heterocycles. The van der Waals surface area contributed by atoms with E-state index in [4.69, 9.17) is 9.47 Å². The first-order valence-corrected chi connectivity index (χ1v) is 12.1. The summed E-state index contributed by atoms with van der Waals surface area (Å²) in [5.41, 5.74) is 2.46. The van der Waals surface area contributed by atoms with Crippen molar-refractivity contribution in [2.24, 2.45) is 7.05 Å². The molecule has 8 nitrogen and oxygen atoms in total. The van der Waals surface area contributed by atoms with Crippen molar-refractivity contribution in [3.05, 3.63) is 64.8 Å². The number of rotatable bonds is 3. The fourth-order valence-electron chi connectivity index (χ4n) is 3.50. The van der Waals surface area contributed by atoms with Gasteiger partial charge in [-0.25, -0.2) is 8.42 Å². The minimum absolute atomic E-state index is 0.0478. The van der Waals surface area contributed by atoms with Gasteiger partial charge in [0.15, 0.2) is 0 Å². The average Bonchev–Trinajstić information content (AvgIpc) is 2.77. The number of nitrogens with zero attached hydrogens (tertiary/aromatic N) is 2. The zero-order chi connectivity index (χ0) is 22.7. The number of aromatic nitrogens is 2. The van der Waals surface area contributed by atoms with Crippen molar-refractivity contribution in [1.29, 1.82) is 0 Å². The molecule has 0 atom stereocenters. The Labute approximate surface area is 186 Å². The lowest BCUT2D eigenvalue weighted by Crippen LogP contribution is -2.17. The zero-order valence-corrected chi connectivity index (χ0v) is 18.8. The third-order valence-electron chi connectivity index (χ3n) is 5.30. The zero-order valence-electron chi connectivity index (χ0n) is 18.0. The van der Waals surface area contributed by atoms with Crippen LogP contribution in [0.5, 0.6) is 17.2 Å². The minimum atomic E-state index is -3.47. The Morgan fingerprint density at radius 2 is 1.94 bits per heavy atom. The van der Waals surface area contributed by atoms with Crippen molar-refractivity contribution in [1.82, 2.24) is 9.55 Å². The van der Waals surface area contributed by atoms with Gasteiger partial charge >= 0.3 is 0 Å². The third-order valence-corrected chi connectivity index (χ3v) is 6.61. The van der Waals surface area contributed by atoms with Crippen molar-refractivity contribution in [2.75, 3.05) is 17.1 Å². The molecule has 168 valence electrons. The van der Waals surface area contributed by atoms with Gasteiger partial charge in [-0.15, -0.1) is 0 Å². The second-order valence-electron chi connectivity index (χ2n) is 7.61. The maximum atomic E-state index is 12.3. The number of hydrogen-bond acceptors (Lipinski definition) is 6. The maximum Gasteiger partial charge on any atom is 0.254 e. The molecule has 9 heteroatoms. The number of fused-ring (bicyclic) bond motifs is 4. The van der Waals surface area contributed by atoms with Gasteiger partial charge in [0.1, 0.15) is 17.2 Å². The largest absolute Gasteiger partial charge is 0.493 e. The van der Waals surface area contributed by atoms with Crippen LogP contribution < -0.4 is 19.8 Å². The number of hydrogen-bond donors (Lipinski definition) is 1. The smallest absolute Gasteiger partial charge is 0.254 e. The van der Waals surface area contributed by atoms with Crippen LogP contribution in [0.15, 0.2) is 53.7 Å². The van der Waals surface area contributed by atoms with Crippen LogP contribution in [0.1, 0.15) is 25.3 Å². The first-order chi connectivity index (χ1) is 15.4. The molecule has 1 aliphatic rings. The summed E-state index contributed by atoms with van der Waals surface area (Å²) < 4.78 is 40.5. The number of anilines is 1. The van der Waals surface area contributed by atoms with Gasteiger partial charge in [-0.05, 0) is 56.0 Å². The molecule has 0 saturated carbocycles. The topological polar surface area (TPSA) is 99.5 Å². The molecule has 0 spiro atoms. The molecule has 0 aliphatic carbocycles. The molecule has 0 radical (unpaired) electrons. The van der Waals surface area contributed by atoms with Crippen LogP contribution in [-0.4, -0.2) is 30.3 Å². The molecule has 3 aromatic rings. The van der Waals surface area contributed by atoms with Crippen molar-refractivity contribution in [3.8, 4) is 28.4 Å². The van der Waals surface area contributed by atoms with Crippen LogP contribution in [0.2, 0.25) is 0 Å². The maximum absolute atomic E-state index is 12.3. The fourth-order valence-corrected chi connectivity index (χ4v) is 4.13. The number of benzene rings is 1. The molecule has 4 rings (SSSR count). The van der Waals surface area contributed by atoms with E-state index in [0.717, 1.165) is 24.8 Å². The quantitative estimate of drug-likeness (QED) is 0.646. The molecule has 1 aromatic carbocycles. The monoisotopic (exact) mass is 455 g/mol. The Balaban J connectivity index is 1.92. The highest BCUT2D eigenvalue weighted by molar-refractivity contribution is 7.92. The first kappa shape index (κ1) is 21.9. The van der Waals surface area contributed by atoms with Gasteiger partial charge in [0, 0.05) is 42.3 Å². The number of ether oxygens (including phenoxy) is 2. The van der Waals surface area contributed by atoms with Gasteiger partial charge < -0.3 is 14.0 Å². The van der Waals surface area contributed by atoms with Gasteiger partial charge in [-0.3, -0.25) is 14.5 Å². The molecule has 32 heavy (non-hydrogen) atoms. The standard InChI is InChI=1S/C23H25N3O5S/c1-3-32(28,29)25-17-7-8-20-18(12-17)19-15-26(2)23(27)13-21(19)30-11-5-4-6-16-9-10-24-14-22(16)31-20/h7-10,12-15,25H,3-6,11H2,1-2H3. The minimum Gasteiger partial charge on any atom is -0.493 e. The summed E-state index contributed by atoms with van der Waals surface area (Å²) in [7, 11) is -1.81. The lowest BCUT2D eigenvalue weighted by atomic mass is 10.0. The molecule has 0 amide bonds. The second-order valence-corrected chi connectivity index (χ2v) is 9.62. The Bertz CT molecular complexity index is 1300. The predicted octanol–water partition coefficient (Wildman–Crippen LogP) is 3.72. The molecule has 1 aliphatic heterocycles. The Kier molecular flexibility index (Phi) is 6.18. The number of aryl methyl sites for hydroxylation is 2. The molecular weight excluding hydrogens is 430 g/mol. The third kappa shape index (κ3) is 4.77. The van der Waals surface area contributed by atoms with Gasteiger partial charge in [0.05, 0.1) is 18.6 Å². The van der Waals surface area contributed by atoms with E-state index in [9.17, 15) is 13.2 Å². The highest BCUT2D eigenvalue weighted by atomic mass is 32.2. The van der Waals surface area contributed by atoms with Crippen molar-refractivity contribution in [3.63, 3.8) is 0 Å². The molecular formula is C23H25N3O5S.